The highest BCUT2D eigenvalue weighted by Gasteiger charge is 2.30. The Hall–Kier alpha value is -3.09. The van der Waals surface area contributed by atoms with Crippen molar-refractivity contribution in [3.05, 3.63) is 59.9 Å². The van der Waals surface area contributed by atoms with Crippen LogP contribution in [-0.2, 0) is 4.79 Å². The highest BCUT2D eigenvalue weighted by Crippen LogP contribution is 2.31. The summed E-state index contributed by atoms with van der Waals surface area (Å²) < 4.78 is 25.5. The molecule has 1 aliphatic rings. The third-order valence-electron chi connectivity index (χ3n) is 4.76. The van der Waals surface area contributed by atoms with Gasteiger partial charge in [-0.05, 0) is 30.2 Å². The quantitative estimate of drug-likeness (QED) is 0.810. The van der Waals surface area contributed by atoms with Gasteiger partial charge in [-0.25, -0.2) is 4.39 Å². The molecule has 2 aromatic rings. The van der Waals surface area contributed by atoms with Crippen LogP contribution in [0.5, 0.6) is 11.5 Å². The molecule has 2 aromatic carbocycles. The van der Waals surface area contributed by atoms with E-state index < -0.39 is 17.8 Å². The summed E-state index contributed by atoms with van der Waals surface area (Å²) in [5.41, 5.74) is -0.0887. The van der Waals surface area contributed by atoms with Gasteiger partial charge in [-0.15, -0.1) is 0 Å². The van der Waals surface area contributed by atoms with Crippen LogP contribution in [0.3, 0.4) is 0 Å². The van der Waals surface area contributed by atoms with E-state index in [1.54, 1.807) is 13.1 Å². The Morgan fingerprint density at radius 3 is 2.48 bits per heavy atom. The molecule has 6 nitrogen and oxygen atoms in total. The van der Waals surface area contributed by atoms with Gasteiger partial charge in [0.15, 0.2) is 17.6 Å². The number of nitrogens with one attached hydrogen (secondary N) is 1. The van der Waals surface area contributed by atoms with Crippen molar-refractivity contribution < 1.29 is 23.5 Å². The molecular formula is C22H25FN2O4. The van der Waals surface area contributed by atoms with Crippen molar-refractivity contribution in [3.8, 4) is 11.5 Å². The second kappa shape index (κ2) is 8.94. The van der Waals surface area contributed by atoms with Crippen molar-refractivity contribution >= 4 is 11.8 Å². The highest BCUT2D eigenvalue weighted by molar-refractivity contribution is 5.97. The monoisotopic (exact) mass is 400 g/mol. The van der Waals surface area contributed by atoms with Gasteiger partial charge in [0.2, 0.25) is 5.91 Å². The van der Waals surface area contributed by atoms with Crippen LogP contribution >= 0.6 is 0 Å². The number of hydrogen-bond acceptors (Lipinski definition) is 4. The van der Waals surface area contributed by atoms with Crippen LogP contribution in [0.1, 0.15) is 24.2 Å². The fraction of sp³-hybridized carbons (Fsp3) is 0.364. The van der Waals surface area contributed by atoms with Crippen molar-refractivity contribution in [2.75, 3.05) is 20.2 Å². The van der Waals surface area contributed by atoms with Crippen LogP contribution in [-0.4, -0.2) is 49.1 Å². The van der Waals surface area contributed by atoms with Gasteiger partial charge in [0, 0.05) is 7.05 Å². The molecule has 1 N–H and O–H groups in total. The number of para-hydroxylation sites is 2. The third kappa shape index (κ3) is 4.85. The zero-order valence-electron chi connectivity index (χ0n) is 16.7. The largest absolute Gasteiger partial charge is 0.486 e. The summed E-state index contributed by atoms with van der Waals surface area (Å²) in [5, 5.41) is 2.66. The molecule has 0 aliphatic carbocycles. The molecule has 0 aromatic heterocycles. The predicted octanol–water partition coefficient (Wildman–Crippen LogP) is 2.88. The lowest BCUT2D eigenvalue weighted by atomic mass is 10.0. The fourth-order valence-corrected chi connectivity index (χ4v) is 3.16. The van der Waals surface area contributed by atoms with Gasteiger partial charge < -0.3 is 19.7 Å². The fourth-order valence-electron chi connectivity index (χ4n) is 3.16. The van der Waals surface area contributed by atoms with Crippen molar-refractivity contribution in [1.29, 1.82) is 0 Å². The van der Waals surface area contributed by atoms with Gasteiger partial charge in [-0.2, -0.15) is 0 Å². The molecule has 0 saturated carbocycles. The number of likely N-dealkylation sites (N-methyl/N-ethyl adjacent to an activating group) is 1. The van der Waals surface area contributed by atoms with Crippen molar-refractivity contribution in [1.82, 2.24) is 10.2 Å². The summed E-state index contributed by atoms with van der Waals surface area (Å²) in [5.74, 6) is -0.376. The van der Waals surface area contributed by atoms with E-state index in [-0.39, 0.29) is 23.5 Å². The third-order valence-corrected chi connectivity index (χ3v) is 4.76. The minimum atomic E-state index is -0.788. The van der Waals surface area contributed by atoms with E-state index in [0.29, 0.717) is 24.7 Å². The number of amides is 2. The molecule has 29 heavy (non-hydrogen) atoms. The Morgan fingerprint density at radius 1 is 1.14 bits per heavy atom. The molecule has 154 valence electrons. The van der Waals surface area contributed by atoms with E-state index in [2.05, 4.69) is 5.32 Å². The maximum absolute atomic E-state index is 13.9. The first-order valence-electron chi connectivity index (χ1n) is 9.55. The van der Waals surface area contributed by atoms with Crippen molar-refractivity contribution in [2.45, 2.75) is 26.0 Å². The number of benzene rings is 2. The molecule has 2 unspecified atom stereocenters. The van der Waals surface area contributed by atoms with Crippen LogP contribution in [0.2, 0.25) is 0 Å². The first-order chi connectivity index (χ1) is 13.9. The van der Waals surface area contributed by atoms with E-state index in [0.717, 1.165) is 0 Å². The predicted molar refractivity (Wildman–Crippen MR) is 106 cm³/mol. The Labute approximate surface area is 169 Å². The van der Waals surface area contributed by atoms with E-state index in [4.69, 9.17) is 9.47 Å². The standard InChI is InChI=1S/C22H25FN2O4/c1-14(2)20(24-21(26)16-8-4-5-9-17(16)23)22(27)25(3)12-15-13-28-18-10-6-7-11-19(18)29-15/h4-11,14-15,20H,12-13H2,1-3H3,(H,24,26). The Bertz CT molecular complexity index is 887. The molecular weight excluding hydrogens is 375 g/mol. The molecule has 0 fully saturated rings. The van der Waals surface area contributed by atoms with E-state index in [1.807, 2.05) is 38.1 Å². The lowest BCUT2D eigenvalue weighted by Gasteiger charge is -2.32. The molecule has 0 spiro atoms. The number of carbonyl (C=O) groups excluding carboxylic acids is 2. The lowest BCUT2D eigenvalue weighted by Crippen LogP contribution is -2.52. The normalized spacial score (nSPS) is 16.2. The summed E-state index contributed by atoms with van der Waals surface area (Å²) in [6.45, 7) is 4.28. The number of rotatable bonds is 6. The van der Waals surface area contributed by atoms with Gasteiger partial charge in [0.25, 0.3) is 5.91 Å². The maximum atomic E-state index is 13.9. The second-order valence-corrected chi connectivity index (χ2v) is 7.39. The first-order valence-corrected chi connectivity index (χ1v) is 9.55. The average molecular weight is 400 g/mol. The molecule has 0 radical (unpaired) electrons. The molecule has 7 heteroatoms. The van der Waals surface area contributed by atoms with Crippen LogP contribution < -0.4 is 14.8 Å². The molecule has 3 rings (SSSR count). The van der Waals surface area contributed by atoms with Gasteiger partial charge in [0.05, 0.1) is 12.1 Å². The minimum absolute atomic E-state index is 0.0887. The molecule has 2 atom stereocenters. The van der Waals surface area contributed by atoms with Gasteiger partial charge in [-0.3, -0.25) is 9.59 Å². The smallest absolute Gasteiger partial charge is 0.254 e. The summed E-state index contributed by atoms with van der Waals surface area (Å²) in [6.07, 6.45) is -0.325. The van der Waals surface area contributed by atoms with E-state index >= 15 is 0 Å². The zero-order valence-corrected chi connectivity index (χ0v) is 16.7. The van der Waals surface area contributed by atoms with Gasteiger partial charge in [-0.1, -0.05) is 38.1 Å². The van der Waals surface area contributed by atoms with Crippen molar-refractivity contribution in [2.24, 2.45) is 5.92 Å². The minimum Gasteiger partial charge on any atom is -0.486 e. The van der Waals surface area contributed by atoms with E-state index in [9.17, 15) is 14.0 Å². The average Bonchev–Trinajstić information content (AvgIpc) is 2.71. The summed E-state index contributed by atoms with van der Waals surface area (Å²) in [4.78, 5) is 27.0. The molecule has 0 bridgehead atoms. The van der Waals surface area contributed by atoms with Crippen LogP contribution in [0.4, 0.5) is 4.39 Å². The number of halogens is 1. The number of carbonyl (C=O) groups is 2. The van der Waals surface area contributed by atoms with Gasteiger partial charge >= 0.3 is 0 Å². The number of nitrogens with zero attached hydrogens (tertiary/aromatic N) is 1. The van der Waals surface area contributed by atoms with Crippen LogP contribution in [0.15, 0.2) is 48.5 Å². The summed E-state index contributed by atoms with van der Waals surface area (Å²) >= 11 is 0. The first kappa shape index (κ1) is 20.6. The summed E-state index contributed by atoms with van der Waals surface area (Å²) in [6, 6.07) is 12.3. The highest BCUT2D eigenvalue weighted by atomic mass is 19.1. The number of ether oxygens (including phenoxy) is 2. The molecule has 1 aliphatic heterocycles. The Kier molecular flexibility index (Phi) is 6.36. The van der Waals surface area contributed by atoms with Gasteiger partial charge in [0.1, 0.15) is 18.5 Å². The van der Waals surface area contributed by atoms with Crippen molar-refractivity contribution in [3.63, 3.8) is 0 Å². The van der Waals surface area contributed by atoms with E-state index in [1.165, 1.54) is 23.1 Å². The maximum Gasteiger partial charge on any atom is 0.254 e. The molecule has 1 heterocycles. The molecule has 0 saturated heterocycles. The molecule has 2 amide bonds. The zero-order chi connectivity index (χ0) is 21.0. The van der Waals surface area contributed by atoms with Crippen LogP contribution in [0.25, 0.3) is 0 Å². The topological polar surface area (TPSA) is 67.9 Å². The number of fused-ring (bicyclic) bond motifs is 1. The lowest BCUT2D eigenvalue weighted by molar-refractivity contribution is -0.134. The summed E-state index contributed by atoms with van der Waals surface area (Å²) in [7, 11) is 1.65. The Morgan fingerprint density at radius 2 is 1.79 bits per heavy atom. The SMILES string of the molecule is CC(C)C(NC(=O)c1ccccc1F)C(=O)N(C)CC1COc2ccccc2O1. The number of hydrogen-bond donors (Lipinski definition) is 1. The Balaban J connectivity index is 1.64. The second-order valence-electron chi connectivity index (χ2n) is 7.39. The van der Waals surface area contributed by atoms with Crippen LogP contribution in [0, 0.1) is 11.7 Å².